The lowest BCUT2D eigenvalue weighted by atomic mass is 9.89. The topological polar surface area (TPSA) is 0 Å². The first-order chi connectivity index (χ1) is 15.8. The standard InChI is InChI=1S/2C15H16.C2H6/c2*1-2-15(13-9-5-3-6-10-13)14-11-7-4-8-12-14;1-2/h2*3-12,15H,2H2,1H3;1-2H3. The molecule has 0 aliphatic heterocycles. The van der Waals surface area contributed by atoms with E-state index in [4.69, 9.17) is 0 Å². The third kappa shape index (κ3) is 7.54. The molecule has 0 aliphatic rings. The van der Waals surface area contributed by atoms with E-state index >= 15 is 0 Å². The Labute approximate surface area is 196 Å². The van der Waals surface area contributed by atoms with Crippen molar-refractivity contribution in [1.29, 1.82) is 0 Å². The first-order valence-corrected chi connectivity index (χ1v) is 12.0. The van der Waals surface area contributed by atoms with E-state index in [1.54, 1.807) is 0 Å². The SMILES string of the molecule is CC.CCC(c1ccccc1)c1ccccc1.CCC(c1ccccc1)c1ccccc1. The highest BCUT2D eigenvalue weighted by Crippen LogP contribution is 2.28. The number of hydrogen-bond donors (Lipinski definition) is 0. The zero-order chi connectivity index (χ0) is 23.0. The van der Waals surface area contributed by atoms with Crippen LogP contribution in [0.4, 0.5) is 0 Å². The molecule has 4 aromatic rings. The summed E-state index contributed by atoms with van der Waals surface area (Å²) < 4.78 is 0. The van der Waals surface area contributed by atoms with Gasteiger partial charge >= 0.3 is 0 Å². The molecule has 32 heavy (non-hydrogen) atoms. The molecule has 0 saturated carbocycles. The molecule has 4 aromatic carbocycles. The molecule has 0 unspecified atom stereocenters. The zero-order valence-corrected chi connectivity index (χ0v) is 20.1. The Morgan fingerprint density at radius 2 is 0.562 bits per heavy atom. The summed E-state index contributed by atoms with van der Waals surface area (Å²) in [5.41, 5.74) is 5.63. The fourth-order valence-corrected chi connectivity index (χ4v) is 4.07. The normalized spacial score (nSPS) is 10.1. The van der Waals surface area contributed by atoms with E-state index in [1.165, 1.54) is 22.3 Å². The van der Waals surface area contributed by atoms with E-state index in [0.29, 0.717) is 11.8 Å². The smallest absolute Gasteiger partial charge is 0.00867 e. The van der Waals surface area contributed by atoms with Crippen LogP contribution >= 0.6 is 0 Å². The van der Waals surface area contributed by atoms with E-state index in [1.807, 2.05) is 13.8 Å². The summed E-state index contributed by atoms with van der Waals surface area (Å²) in [5, 5.41) is 0. The van der Waals surface area contributed by atoms with Gasteiger partial charge in [0.25, 0.3) is 0 Å². The summed E-state index contributed by atoms with van der Waals surface area (Å²) in [6, 6.07) is 42.9. The Hall–Kier alpha value is -3.12. The van der Waals surface area contributed by atoms with Gasteiger partial charge in [0.15, 0.2) is 0 Å². The molecule has 0 nitrogen and oxygen atoms in total. The van der Waals surface area contributed by atoms with Crippen LogP contribution in [0.15, 0.2) is 121 Å². The highest BCUT2D eigenvalue weighted by Gasteiger charge is 2.11. The van der Waals surface area contributed by atoms with Crippen LogP contribution in [0.25, 0.3) is 0 Å². The van der Waals surface area contributed by atoms with Crippen LogP contribution in [0, 0.1) is 0 Å². The Kier molecular flexibility index (Phi) is 11.6. The van der Waals surface area contributed by atoms with Crippen LogP contribution in [-0.4, -0.2) is 0 Å². The second kappa shape index (κ2) is 14.8. The highest BCUT2D eigenvalue weighted by atomic mass is 14.1. The Balaban J connectivity index is 0.000000211. The van der Waals surface area contributed by atoms with Gasteiger partial charge in [0.1, 0.15) is 0 Å². The quantitative estimate of drug-likeness (QED) is 0.290. The summed E-state index contributed by atoms with van der Waals surface area (Å²) in [4.78, 5) is 0. The molecule has 0 heteroatoms. The van der Waals surface area contributed by atoms with Crippen LogP contribution in [0.1, 0.15) is 74.6 Å². The third-order valence-corrected chi connectivity index (χ3v) is 5.62. The maximum atomic E-state index is 2.24. The first-order valence-electron chi connectivity index (χ1n) is 12.0. The van der Waals surface area contributed by atoms with E-state index in [9.17, 15) is 0 Å². The van der Waals surface area contributed by atoms with Crippen molar-refractivity contribution in [1.82, 2.24) is 0 Å². The second-order valence-corrected chi connectivity index (χ2v) is 7.56. The van der Waals surface area contributed by atoms with E-state index < -0.39 is 0 Å². The largest absolute Gasteiger partial charge is 0.0683 e. The minimum Gasteiger partial charge on any atom is -0.0683 e. The lowest BCUT2D eigenvalue weighted by molar-refractivity contribution is 0.777. The van der Waals surface area contributed by atoms with Crippen molar-refractivity contribution in [3.05, 3.63) is 144 Å². The maximum Gasteiger partial charge on any atom is 0.00867 e. The van der Waals surface area contributed by atoms with E-state index in [-0.39, 0.29) is 0 Å². The van der Waals surface area contributed by atoms with Gasteiger partial charge in [0.05, 0.1) is 0 Å². The maximum absolute atomic E-state index is 2.24. The van der Waals surface area contributed by atoms with Gasteiger partial charge in [-0.2, -0.15) is 0 Å². The molecule has 0 radical (unpaired) electrons. The Morgan fingerprint density at radius 3 is 0.719 bits per heavy atom. The van der Waals surface area contributed by atoms with E-state index in [0.717, 1.165) is 12.8 Å². The predicted molar refractivity (Wildman–Crippen MR) is 141 cm³/mol. The fourth-order valence-electron chi connectivity index (χ4n) is 4.07. The van der Waals surface area contributed by atoms with Crippen molar-refractivity contribution in [2.75, 3.05) is 0 Å². The molecule has 0 spiro atoms. The van der Waals surface area contributed by atoms with Crippen molar-refractivity contribution in [2.24, 2.45) is 0 Å². The summed E-state index contributed by atoms with van der Waals surface area (Å²) in [6.45, 7) is 8.48. The monoisotopic (exact) mass is 422 g/mol. The van der Waals surface area contributed by atoms with Crippen molar-refractivity contribution >= 4 is 0 Å². The fraction of sp³-hybridized carbons (Fsp3) is 0.250. The Bertz CT molecular complexity index is 782. The van der Waals surface area contributed by atoms with E-state index in [2.05, 4.69) is 135 Å². The average molecular weight is 423 g/mol. The molecule has 0 bridgehead atoms. The molecule has 166 valence electrons. The molecule has 0 fully saturated rings. The summed E-state index contributed by atoms with van der Waals surface area (Å²) in [6.07, 6.45) is 2.29. The minimum atomic E-state index is 0.535. The van der Waals surface area contributed by atoms with Gasteiger partial charge < -0.3 is 0 Å². The molecular formula is C32H38. The molecule has 0 saturated heterocycles. The van der Waals surface area contributed by atoms with Gasteiger partial charge in [0.2, 0.25) is 0 Å². The van der Waals surface area contributed by atoms with Gasteiger partial charge in [-0.3, -0.25) is 0 Å². The highest BCUT2D eigenvalue weighted by molar-refractivity contribution is 5.33. The van der Waals surface area contributed by atoms with Crippen LogP contribution < -0.4 is 0 Å². The number of benzene rings is 4. The molecule has 0 N–H and O–H groups in total. The average Bonchev–Trinajstić information content (AvgIpc) is 2.89. The zero-order valence-electron chi connectivity index (χ0n) is 20.1. The Morgan fingerprint density at radius 1 is 0.375 bits per heavy atom. The first kappa shape index (κ1) is 25.1. The second-order valence-electron chi connectivity index (χ2n) is 7.56. The molecule has 0 heterocycles. The lowest BCUT2D eigenvalue weighted by Gasteiger charge is -2.15. The molecular weight excluding hydrogens is 384 g/mol. The molecule has 0 atom stereocenters. The summed E-state index contributed by atoms with van der Waals surface area (Å²) >= 11 is 0. The predicted octanol–water partition coefficient (Wildman–Crippen LogP) is 9.48. The van der Waals surface area contributed by atoms with Gasteiger partial charge in [-0.25, -0.2) is 0 Å². The molecule has 0 aliphatic carbocycles. The van der Waals surface area contributed by atoms with Crippen molar-refractivity contribution in [3.63, 3.8) is 0 Å². The van der Waals surface area contributed by atoms with Gasteiger partial charge in [-0.05, 0) is 35.1 Å². The lowest BCUT2D eigenvalue weighted by Crippen LogP contribution is -1.98. The number of hydrogen-bond acceptors (Lipinski definition) is 0. The minimum absolute atomic E-state index is 0.535. The van der Waals surface area contributed by atoms with Gasteiger partial charge in [-0.15, -0.1) is 0 Å². The third-order valence-electron chi connectivity index (χ3n) is 5.62. The van der Waals surface area contributed by atoms with Crippen molar-refractivity contribution in [3.8, 4) is 0 Å². The summed E-state index contributed by atoms with van der Waals surface area (Å²) in [7, 11) is 0. The molecule has 0 amide bonds. The molecule has 0 aromatic heterocycles. The van der Waals surface area contributed by atoms with Crippen LogP contribution in [-0.2, 0) is 0 Å². The van der Waals surface area contributed by atoms with Crippen molar-refractivity contribution in [2.45, 2.75) is 52.4 Å². The van der Waals surface area contributed by atoms with Crippen LogP contribution in [0.5, 0.6) is 0 Å². The van der Waals surface area contributed by atoms with Crippen LogP contribution in [0.2, 0.25) is 0 Å². The van der Waals surface area contributed by atoms with Crippen LogP contribution in [0.3, 0.4) is 0 Å². The van der Waals surface area contributed by atoms with Gasteiger partial charge in [0, 0.05) is 11.8 Å². The van der Waals surface area contributed by atoms with Gasteiger partial charge in [-0.1, -0.05) is 149 Å². The van der Waals surface area contributed by atoms with Crippen molar-refractivity contribution < 1.29 is 0 Å². The molecule has 4 rings (SSSR count). The summed E-state index contributed by atoms with van der Waals surface area (Å²) in [5.74, 6) is 1.07. The number of rotatable bonds is 6.